The molecule has 106 valence electrons. The van der Waals surface area contributed by atoms with Crippen molar-refractivity contribution in [3.63, 3.8) is 0 Å². The number of rotatable bonds is 7. The van der Waals surface area contributed by atoms with Crippen LogP contribution in [-0.2, 0) is 0 Å². The van der Waals surface area contributed by atoms with E-state index in [1.54, 1.807) is 0 Å². The normalized spacial score (nSPS) is 12.1. The maximum atomic E-state index is 5.76. The van der Waals surface area contributed by atoms with Crippen molar-refractivity contribution in [2.75, 3.05) is 13.7 Å². The highest BCUT2D eigenvalue weighted by atomic mass is 79.9. The Labute approximate surface area is 129 Å². The molecule has 2 aromatic rings. The molecule has 1 atom stereocenters. The lowest BCUT2D eigenvalue weighted by atomic mass is 10.0. The van der Waals surface area contributed by atoms with Crippen LogP contribution in [0.2, 0.25) is 0 Å². The van der Waals surface area contributed by atoms with Crippen LogP contribution in [0.25, 0.3) is 0 Å². The average Bonchev–Trinajstić information content (AvgIpc) is 2.48. The van der Waals surface area contributed by atoms with Crippen LogP contribution in [-0.4, -0.2) is 13.7 Å². The number of nitrogens with one attached hydrogen (secondary N) is 1. The molecule has 0 radical (unpaired) electrons. The third kappa shape index (κ3) is 4.66. The van der Waals surface area contributed by atoms with Crippen LogP contribution in [0.5, 0.6) is 5.75 Å². The molecular formula is C17H20BrNO. The van der Waals surface area contributed by atoms with E-state index < -0.39 is 0 Å². The predicted molar refractivity (Wildman–Crippen MR) is 87.1 cm³/mol. The van der Waals surface area contributed by atoms with E-state index in [0.717, 1.165) is 29.7 Å². The van der Waals surface area contributed by atoms with Crippen LogP contribution in [0, 0.1) is 0 Å². The number of hydrogen-bond acceptors (Lipinski definition) is 2. The van der Waals surface area contributed by atoms with Gasteiger partial charge in [0.1, 0.15) is 5.75 Å². The molecule has 0 saturated carbocycles. The zero-order chi connectivity index (χ0) is 14.2. The second kappa shape index (κ2) is 8.08. The highest BCUT2D eigenvalue weighted by Gasteiger charge is 2.08. The molecule has 0 aliphatic carbocycles. The van der Waals surface area contributed by atoms with Gasteiger partial charge in [-0.15, -0.1) is 0 Å². The Kier molecular flexibility index (Phi) is 6.09. The minimum Gasteiger partial charge on any atom is -0.494 e. The number of hydrogen-bond donors (Lipinski definition) is 1. The summed E-state index contributed by atoms with van der Waals surface area (Å²) in [6.45, 7) is 0.738. The summed E-state index contributed by atoms with van der Waals surface area (Å²) in [7, 11) is 2.01. The molecule has 1 N–H and O–H groups in total. The molecule has 20 heavy (non-hydrogen) atoms. The largest absolute Gasteiger partial charge is 0.494 e. The number of benzene rings is 2. The van der Waals surface area contributed by atoms with Gasteiger partial charge in [0.15, 0.2) is 0 Å². The highest BCUT2D eigenvalue weighted by Crippen LogP contribution is 2.20. The summed E-state index contributed by atoms with van der Waals surface area (Å²) in [6.07, 6.45) is 2.08. The van der Waals surface area contributed by atoms with Gasteiger partial charge in [0.2, 0.25) is 0 Å². The summed E-state index contributed by atoms with van der Waals surface area (Å²) >= 11 is 3.45. The Morgan fingerprint density at radius 1 is 1.10 bits per heavy atom. The van der Waals surface area contributed by atoms with Gasteiger partial charge in [-0.1, -0.05) is 52.3 Å². The number of ether oxygens (including phenoxy) is 1. The van der Waals surface area contributed by atoms with Gasteiger partial charge in [0.05, 0.1) is 6.61 Å². The quantitative estimate of drug-likeness (QED) is 0.749. The monoisotopic (exact) mass is 333 g/mol. The van der Waals surface area contributed by atoms with E-state index in [1.165, 1.54) is 5.56 Å². The van der Waals surface area contributed by atoms with E-state index in [0.29, 0.717) is 6.04 Å². The van der Waals surface area contributed by atoms with E-state index >= 15 is 0 Å². The van der Waals surface area contributed by atoms with Crippen molar-refractivity contribution >= 4 is 15.9 Å². The van der Waals surface area contributed by atoms with E-state index in [-0.39, 0.29) is 0 Å². The van der Waals surface area contributed by atoms with Crippen molar-refractivity contribution in [1.29, 1.82) is 0 Å². The molecule has 3 heteroatoms. The first-order valence-electron chi connectivity index (χ1n) is 6.90. The molecule has 0 bridgehead atoms. The molecule has 0 aromatic heterocycles. The fourth-order valence-corrected chi connectivity index (χ4v) is 2.58. The molecular weight excluding hydrogens is 314 g/mol. The smallest absolute Gasteiger partial charge is 0.120 e. The fraction of sp³-hybridized carbons (Fsp3) is 0.294. The summed E-state index contributed by atoms with van der Waals surface area (Å²) < 4.78 is 6.81. The van der Waals surface area contributed by atoms with Gasteiger partial charge in [-0.05, 0) is 43.7 Å². The highest BCUT2D eigenvalue weighted by molar-refractivity contribution is 9.10. The van der Waals surface area contributed by atoms with Crippen LogP contribution in [0.4, 0.5) is 0 Å². The van der Waals surface area contributed by atoms with Gasteiger partial charge in [0, 0.05) is 10.5 Å². The zero-order valence-corrected chi connectivity index (χ0v) is 13.3. The van der Waals surface area contributed by atoms with E-state index in [9.17, 15) is 0 Å². The summed E-state index contributed by atoms with van der Waals surface area (Å²) in [4.78, 5) is 0. The SMILES string of the molecule is CNC(CCCOc1cccc(Br)c1)c1ccccc1. The second-order valence-corrected chi connectivity index (χ2v) is 5.62. The van der Waals surface area contributed by atoms with Gasteiger partial charge in [0.25, 0.3) is 0 Å². The Balaban J connectivity index is 1.77. The second-order valence-electron chi connectivity index (χ2n) is 4.70. The molecule has 2 rings (SSSR count). The third-order valence-corrected chi connectivity index (χ3v) is 3.75. The minimum atomic E-state index is 0.391. The van der Waals surface area contributed by atoms with Crippen LogP contribution in [0.1, 0.15) is 24.4 Å². The van der Waals surface area contributed by atoms with Gasteiger partial charge in [-0.2, -0.15) is 0 Å². The standard InChI is InChI=1S/C17H20BrNO/c1-19-17(14-7-3-2-4-8-14)11-6-12-20-16-10-5-9-15(18)13-16/h2-5,7-10,13,17,19H,6,11-12H2,1H3. The van der Waals surface area contributed by atoms with Crippen molar-refractivity contribution in [2.45, 2.75) is 18.9 Å². The Hall–Kier alpha value is -1.32. The summed E-state index contributed by atoms with van der Waals surface area (Å²) in [5, 5.41) is 3.36. The van der Waals surface area contributed by atoms with Crippen molar-refractivity contribution in [1.82, 2.24) is 5.32 Å². The Morgan fingerprint density at radius 2 is 1.90 bits per heavy atom. The zero-order valence-electron chi connectivity index (χ0n) is 11.7. The van der Waals surface area contributed by atoms with Gasteiger partial charge in [-0.25, -0.2) is 0 Å². The first kappa shape index (κ1) is 15.1. The summed E-state index contributed by atoms with van der Waals surface area (Å²) in [5.41, 5.74) is 1.33. The average molecular weight is 334 g/mol. The van der Waals surface area contributed by atoms with E-state index in [4.69, 9.17) is 4.74 Å². The molecule has 0 heterocycles. The lowest BCUT2D eigenvalue weighted by Gasteiger charge is -2.16. The molecule has 0 spiro atoms. The lowest BCUT2D eigenvalue weighted by Crippen LogP contribution is -2.17. The third-order valence-electron chi connectivity index (χ3n) is 3.25. The molecule has 0 fully saturated rings. The summed E-state index contributed by atoms with van der Waals surface area (Å²) in [5.74, 6) is 0.917. The minimum absolute atomic E-state index is 0.391. The molecule has 0 aliphatic rings. The van der Waals surface area contributed by atoms with E-state index in [1.807, 2.05) is 37.4 Å². The Bertz CT molecular complexity index is 515. The molecule has 2 aromatic carbocycles. The van der Waals surface area contributed by atoms with Gasteiger partial charge >= 0.3 is 0 Å². The van der Waals surface area contributed by atoms with Crippen molar-refractivity contribution in [3.8, 4) is 5.75 Å². The van der Waals surface area contributed by atoms with Crippen LogP contribution < -0.4 is 10.1 Å². The maximum absolute atomic E-state index is 5.76. The molecule has 0 saturated heterocycles. The van der Waals surface area contributed by atoms with Crippen LogP contribution in [0.15, 0.2) is 59.1 Å². The topological polar surface area (TPSA) is 21.3 Å². The molecule has 0 aliphatic heterocycles. The number of halogens is 1. The maximum Gasteiger partial charge on any atom is 0.120 e. The van der Waals surface area contributed by atoms with Gasteiger partial charge < -0.3 is 10.1 Å². The lowest BCUT2D eigenvalue weighted by molar-refractivity contribution is 0.298. The van der Waals surface area contributed by atoms with E-state index in [2.05, 4.69) is 45.5 Å². The predicted octanol–water partition coefficient (Wildman–Crippen LogP) is 4.57. The summed E-state index contributed by atoms with van der Waals surface area (Å²) in [6, 6.07) is 18.9. The van der Waals surface area contributed by atoms with Gasteiger partial charge in [-0.3, -0.25) is 0 Å². The van der Waals surface area contributed by atoms with Crippen LogP contribution >= 0.6 is 15.9 Å². The van der Waals surface area contributed by atoms with Crippen molar-refractivity contribution in [3.05, 3.63) is 64.6 Å². The molecule has 2 nitrogen and oxygen atoms in total. The first-order valence-corrected chi connectivity index (χ1v) is 7.69. The fourth-order valence-electron chi connectivity index (χ4n) is 2.20. The first-order chi connectivity index (χ1) is 9.79. The Morgan fingerprint density at radius 3 is 2.60 bits per heavy atom. The van der Waals surface area contributed by atoms with Crippen molar-refractivity contribution in [2.24, 2.45) is 0 Å². The van der Waals surface area contributed by atoms with Crippen LogP contribution in [0.3, 0.4) is 0 Å². The molecule has 1 unspecified atom stereocenters. The van der Waals surface area contributed by atoms with Crippen molar-refractivity contribution < 1.29 is 4.74 Å². The molecule has 0 amide bonds.